The number of unbranched alkanes of at least 4 members (excludes halogenated alkanes) is 1. The summed E-state index contributed by atoms with van der Waals surface area (Å²) in [6, 6.07) is 9.65. The van der Waals surface area contributed by atoms with Crippen molar-refractivity contribution < 1.29 is 24.2 Å². The number of rotatable bonds is 8. The number of aliphatic hydroxyl groups is 1. The molecule has 2 fully saturated rings. The van der Waals surface area contributed by atoms with E-state index in [0.29, 0.717) is 31.6 Å². The van der Waals surface area contributed by atoms with Crippen LogP contribution in [0.5, 0.6) is 0 Å². The van der Waals surface area contributed by atoms with Gasteiger partial charge in [0.05, 0.1) is 5.92 Å². The van der Waals surface area contributed by atoms with Crippen LogP contribution in [0, 0.1) is 29.1 Å². The van der Waals surface area contributed by atoms with Gasteiger partial charge in [-0.15, -0.1) is 0 Å². The second kappa shape index (κ2) is 10.4. The lowest BCUT2D eigenvalue weighted by Gasteiger charge is -2.54. The maximum absolute atomic E-state index is 13.5. The van der Waals surface area contributed by atoms with E-state index in [1.54, 1.807) is 6.08 Å². The SMILES string of the molecule is CCCC[C@H]1[C@H]([C@@H]2CCC(O)(C(C)=O)C2)CC(C(=O)OCc2ccccc2)C2=CC(=O)CC[C@@]21C. The number of carbonyl (C=O) groups is 3. The number of esters is 1. The van der Waals surface area contributed by atoms with Gasteiger partial charge in [-0.3, -0.25) is 14.4 Å². The lowest BCUT2D eigenvalue weighted by Crippen LogP contribution is -2.49. The first-order valence-corrected chi connectivity index (χ1v) is 13.4. The highest BCUT2D eigenvalue weighted by molar-refractivity contribution is 5.93. The normalized spacial score (nSPS) is 34.7. The molecule has 1 aromatic carbocycles. The van der Waals surface area contributed by atoms with Crippen molar-refractivity contribution in [2.45, 2.75) is 90.8 Å². The predicted octanol–water partition coefficient (Wildman–Crippen LogP) is 5.59. The largest absolute Gasteiger partial charge is 0.460 e. The van der Waals surface area contributed by atoms with Gasteiger partial charge in [-0.25, -0.2) is 0 Å². The molecule has 0 heterocycles. The second-order valence-corrected chi connectivity index (χ2v) is 11.4. The van der Waals surface area contributed by atoms with Crippen LogP contribution in [0.4, 0.5) is 0 Å². The molecule has 4 rings (SSSR count). The molecule has 5 nitrogen and oxygen atoms in total. The van der Waals surface area contributed by atoms with Gasteiger partial charge in [0.15, 0.2) is 11.6 Å². The molecule has 1 aromatic rings. The monoisotopic (exact) mass is 480 g/mol. The van der Waals surface area contributed by atoms with E-state index >= 15 is 0 Å². The summed E-state index contributed by atoms with van der Waals surface area (Å²) in [6.07, 6.45) is 8.57. The van der Waals surface area contributed by atoms with Crippen LogP contribution in [0.3, 0.4) is 0 Å². The summed E-state index contributed by atoms with van der Waals surface area (Å²) in [6.45, 7) is 6.12. The van der Waals surface area contributed by atoms with Crippen molar-refractivity contribution in [2.24, 2.45) is 29.1 Å². The van der Waals surface area contributed by atoms with Gasteiger partial charge in [0.1, 0.15) is 12.2 Å². The van der Waals surface area contributed by atoms with E-state index in [9.17, 15) is 19.5 Å². The van der Waals surface area contributed by atoms with Crippen molar-refractivity contribution >= 4 is 17.5 Å². The first-order valence-electron chi connectivity index (χ1n) is 13.4. The van der Waals surface area contributed by atoms with E-state index in [1.165, 1.54) is 6.92 Å². The molecule has 1 N–H and O–H groups in total. The molecule has 0 amide bonds. The Kier molecular flexibility index (Phi) is 7.65. The molecule has 190 valence electrons. The molecule has 0 bridgehead atoms. The Balaban J connectivity index is 1.65. The Hall–Kier alpha value is -2.27. The lowest BCUT2D eigenvalue weighted by atomic mass is 9.50. The molecular weight excluding hydrogens is 440 g/mol. The Morgan fingerprint density at radius 1 is 1.17 bits per heavy atom. The van der Waals surface area contributed by atoms with Crippen LogP contribution < -0.4 is 0 Å². The van der Waals surface area contributed by atoms with Crippen molar-refractivity contribution in [2.75, 3.05) is 0 Å². The van der Waals surface area contributed by atoms with Crippen LogP contribution in [0.15, 0.2) is 42.0 Å². The van der Waals surface area contributed by atoms with Gasteiger partial charge in [-0.2, -0.15) is 0 Å². The number of ether oxygens (including phenoxy) is 1. The van der Waals surface area contributed by atoms with Gasteiger partial charge < -0.3 is 9.84 Å². The van der Waals surface area contributed by atoms with Crippen LogP contribution in [-0.2, 0) is 25.7 Å². The summed E-state index contributed by atoms with van der Waals surface area (Å²) in [5.41, 5.74) is 0.388. The molecule has 6 atom stereocenters. The van der Waals surface area contributed by atoms with E-state index in [-0.39, 0.29) is 41.4 Å². The third-order valence-electron chi connectivity index (χ3n) is 9.25. The molecule has 0 aromatic heterocycles. The first-order chi connectivity index (χ1) is 16.7. The van der Waals surface area contributed by atoms with Gasteiger partial charge in [0.2, 0.25) is 0 Å². The van der Waals surface area contributed by atoms with Gasteiger partial charge >= 0.3 is 5.97 Å². The Bertz CT molecular complexity index is 982. The minimum atomic E-state index is -1.25. The van der Waals surface area contributed by atoms with E-state index in [4.69, 9.17) is 4.74 Å². The van der Waals surface area contributed by atoms with Crippen LogP contribution in [0.2, 0.25) is 0 Å². The van der Waals surface area contributed by atoms with Crippen LogP contribution in [-0.4, -0.2) is 28.2 Å². The van der Waals surface area contributed by atoms with Crippen molar-refractivity contribution in [3.8, 4) is 0 Å². The summed E-state index contributed by atoms with van der Waals surface area (Å²) in [7, 11) is 0. The average molecular weight is 481 g/mol. The maximum Gasteiger partial charge on any atom is 0.313 e. The summed E-state index contributed by atoms with van der Waals surface area (Å²) < 4.78 is 5.81. The molecule has 0 saturated heterocycles. The smallest absolute Gasteiger partial charge is 0.313 e. The first kappa shape index (κ1) is 25.8. The van der Waals surface area contributed by atoms with Crippen LogP contribution in [0.25, 0.3) is 0 Å². The average Bonchev–Trinajstić information content (AvgIpc) is 3.25. The summed E-state index contributed by atoms with van der Waals surface area (Å²) in [4.78, 5) is 38.2. The molecule has 35 heavy (non-hydrogen) atoms. The molecule has 3 aliphatic carbocycles. The van der Waals surface area contributed by atoms with Crippen LogP contribution in [0.1, 0.15) is 84.1 Å². The van der Waals surface area contributed by atoms with Crippen molar-refractivity contribution in [3.05, 3.63) is 47.5 Å². The third-order valence-corrected chi connectivity index (χ3v) is 9.25. The molecular formula is C30H40O5. The number of benzene rings is 1. The number of ketones is 2. The van der Waals surface area contributed by atoms with Crippen LogP contribution >= 0.6 is 0 Å². The van der Waals surface area contributed by atoms with Crippen molar-refractivity contribution in [1.82, 2.24) is 0 Å². The van der Waals surface area contributed by atoms with E-state index in [1.807, 2.05) is 30.3 Å². The second-order valence-electron chi connectivity index (χ2n) is 11.4. The fourth-order valence-corrected chi connectivity index (χ4v) is 7.15. The summed E-state index contributed by atoms with van der Waals surface area (Å²) in [5.74, 6) is -0.0701. The number of Topliss-reactive ketones (excluding diaryl/α,β-unsaturated/α-hetero) is 1. The van der Waals surface area contributed by atoms with E-state index < -0.39 is 11.5 Å². The topological polar surface area (TPSA) is 80.7 Å². The highest BCUT2D eigenvalue weighted by Crippen LogP contribution is 2.60. The lowest BCUT2D eigenvalue weighted by molar-refractivity contribution is -0.152. The Morgan fingerprint density at radius 2 is 1.91 bits per heavy atom. The molecule has 2 saturated carbocycles. The Labute approximate surface area is 209 Å². The predicted molar refractivity (Wildman–Crippen MR) is 134 cm³/mol. The number of hydrogen-bond acceptors (Lipinski definition) is 5. The van der Waals surface area contributed by atoms with Gasteiger partial charge in [0.25, 0.3) is 0 Å². The number of allylic oxidation sites excluding steroid dienone is 1. The highest BCUT2D eigenvalue weighted by Gasteiger charge is 2.56. The minimum absolute atomic E-state index is 0.0952. The summed E-state index contributed by atoms with van der Waals surface area (Å²) in [5, 5.41) is 11.0. The molecule has 2 unspecified atom stereocenters. The van der Waals surface area contributed by atoms with Gasteiger partial charge in [0, 0.05) is 6.42 Å². The minimum Gasteiger partial charge on any atom is -0.460 e. The molecule has 0 radical (unpaired) electrons. The maximum atomic E-state index is 13.5. The number of fused-ring (bicyclic) bond motifs is 1. The molecule has 0 aliphatic heterocycles. The Morgan fingerprint density at radius 3 is 2.57 bits per heavy atom. The number of carbonyl (C=O) groups excluding carboxylic acids is 3. The van der Waals surface area contributed by atoms with E-state index in [2.05, 4.69) is 13.8 Å². The summed E-state index contributed by atoms with van der Waals surface area (Å²) >= 11 is 0. The molecule has 3 aliphatic rings. The fourth-order valence-electron chi connectivity index (χ4n) is 7.15. The van der Waals surface area contributed by atoms with Gasteiger partial charge in [-0.05, 0) is 85.8 Å². The fraction of sp³-hybridized carbons (Fsp3) is 0.633. The quantitative estimate of drug-likeness (QED) is 0.491. The third kappa shape index (κ3) is 5.16. The number of hydrogen-bond donors (Lipinski definition) is 1. The van der Waals surface area contributed by atoms with Gasteiger partial charge in [-0.1, -0.05) is 57.0 Å². The highest BCUT2D eigenvalue weighted by atomic mass is 16.5. The van der Waals surface area contributed by atoms with E-state index in [0.717, 1.165) is 43.2 Å². The molecule has 0 spiro atoms. The zero-order valence-corrected chi connectivity index (χ0v) is 21.4. The standard InChI is InChI=1S/C30H40O5/c1-4-5-11-26-24(22-12-15-30(34,18-22)20(2)31)17-25(27-16-23(32)13-14-29(26,27)3)28(33)35-19-21-9-7-6-8-10-21/h6-10,16,22,24-26,34H,4-5,11-15,17-19H2,1-3H3/t22-,24+,25?,26+,29-,30?/m1/s1. The van der Waals surface area contributed by atoms with Crippen molar-refractivity contribution in [3.63, 3.8) is 0 Å². The zero-order chi connectivity index (χ0) is 25.2. The molecule has 5 heteroatoms. The zero-order valence-electron chi connectivity index (χ0n) is 21.4. The van der Waals surface area contributed by atoms with Crippen molar-refractivity contribution in [1.29, 1.82) is 0 Å².